The van der Waals surface area contributed by atoms with Crippen molar-refractivity contribution in [1.82, 2.24) is 9.97 Å². The summed E-state index contributed by atoms with van der Waals surface area (Å²) >= 11 is 0. The van der Waals surface area contributed by atoms with Crippen LogP contribution in [-0.4, -0.2) is 16.5 Å². The van der Waals surface area contributed by atoms with Crippen LogP contribution >= 0.6 is 0 Å². The maximum absolute atomic E-state index is 4.20. The van der Waals surface area contributed by atoms with Gasteiger partial charge in [0.2, 0.25) is 0 Å². The summed E-state index contributed by atoms with van der Waals surface area (Å²) in [6.07, 6.45) is 2.45. The van der Waals surface area contributed by atoms with E-state index in [9.17, 15) is 0 Å². The maximum Gasteiger partial charge on any atom is 0.129 e. The smallest absolute Gasteiger partial charge is 0.129 e. The van der Waals surface area contributed by atoms with Gasteiger partial charge in [-0.1, -0.05) is 13.8 Å². The summed E-state index contributed by atoms with van der Waals surface area (Å²) in [7, 11) is 0. The Labute approximate surface area is 91.3 Å². The molecule has 3 nitrogen and oxygen atoms in total. The van der Waals surface area contributed by atoms with Gasteiger partial charge >= 0.3 is 0 Å². The Kier molecular flexibility index (Phi) is 4.62. The zero-order chi connectivity index (χ0) is 11.1. The topological polar surface area (TPSA) is 37.8 Å². The molecule has 0 atom stereocenters. The highest BCUT2D eigenvalue weighted by Gasteiger charge is 2.01. The van der Waals surface area contributed by atoms with Crippen LogP contribution in [0.1, 0.15) is 38.8 Å². The Morgan fingerprint density at radius 2 is 2.20 bits per heavy atom. The molecule has 1 aromatic heterocycles. The number of anilines is 1. The Bertz CT molecular complexity index is 361. The first kappa shape index (κ1) is 11.5. The minimum absolute atomic E-state index is 0.434. The van der Waals surface area contributed by atoms with Gasteiger partial charge in [-0.15, -0.1) is 11.8 Å². The third-order valence-corrected chi connectivity index (χ3v) is 2.01. The predicted molar refractivity (Wildman–Crippen MR) is 62.7 cm³/mol. The summed E-state index contributed by atoms with van der Waals surface area (Å²) in [5.41, 5.74) is 1.06. The molecule has 0 spiro atoms. The molecule has 0 fully saturated rings. The van der Waals surface area contributed by atoms with Crippen LogP contribution in [0.5, 0.6) is 0 Å². The highest BCUT2D eigenvalue weighted by Crippen LogP contribution is 2.13. The molecule has 0 saturated heterocycles. The molecular formula is C12H17N3. The molecule has 1 N–H and O–H groups in total. The number of nitrogens with zero attached hydrogens (tertiary/aromatic N) is 2. The molecule has 0 amide bonds. The first-order chi connectivity index (χ1) is 7.24. The first-order valence-corrected chi connectivity index (χ1v) is 5.19. The average molecular weight is 203 g/mol. The van der Waals surface area contributed by atoms with Gasteiger partial charge in [-0.25, -0.2) is 9.97 Å². The van der Waals surface area contributed by atoms with Gasteiger partial charge in [0.1, 0.15) is 12.1 Å². The summed E-state index contributed by atoms with van der Waals surface area (Å²) in [4.78, 5) is 8.35. The third-order valence-electron chi connectivity index (χ3n) is 2.01. The van der Waals surface area contributed by atoms with Crippen molar-refractivity contribution in [3.05, 3.63) is 18.1 Å². The fourth-order valence-electron chi connectivity index (χ4n) is 1.16. The van der Waals surface area contributed by atoms with E-state index in [2.05, 4.69) is 41.0 Å². The zero-order valence-electron chi connectivity index (χ0n) is 9.54. The molecule has 0 unspecified atom stereocenters. The van der Waals surface area contributed by atoms with Crippen LogP contribution in [0, 0.1) is 11.8 Å². The van der Waals surface area contributed by atoms with Crippen molar-refractivity contribution in [3.63, 3.8) is 0 Å². The number of nitrogens with one attached hydrogen (secondary N) is 1. The minimum atomic E-state index is 0.434. The molecule has 0 aliphatic carbocycles. The summed E-state index contributed by atoms with van der Waals surface area (Å²) in [6.45, 7) is 6.92. The van der Waals surface area contributed by atoms with E-state index in [1.165, 1.54) is 0 Å². The maximum atomic E-state index is 4.20. The quantitative estimate of drug-likeness (QED) is 0.603. The molecule has 0 radical (unpaired) electrons. The average Bonchev–Trinajstić information content (AvgIpc) is 2.25. The van der Waals surface area contributed by atoms with Crippen LogP contribution in [-0.2, 0) is 0 Å². The first-order valence-electron chi connectivity index (χ1n) is 5.19. The lowest BCUT2D eigenvalue weighted by molar-refractivity contribution is 0.814. The fourth-order valence-corrected chi connectivity index (χ4v) is 1.16. The molecule has 3 heteroatoms. The van der Waals surface area contributed by atoms with Crippen LogP contribution in [0.2, 0.25) is 0 Å². The molecular weight excluding hydrogens is 186 g/mol. The zero-order valence-corrected chi connectivity index (χ0v) is 9.54. The second kappa shape index (κ2) is 6.02. The van der Waals surface area contributed by atoms with Gasteiger partial charge in [-0.2, -0.15) is 0 Å². The lowest BCUT2D eigenvalue weighted by atomic mass is 10.1. The van der Waals surface area contributed by atoms with Gasteiger partial charge < -0.3 is 5.32 Å². The molecule has 0 aliphatic rings. The molecule has 80 valence electrons. The van der Waals surface area contributed by atoms with E-state index in [0.717, 1.165) is 24.5 Å². The Morgan fingerprint density at radius 3 is 2.87 bits per heavy atom. The van der Waals surface area contributed by atoms with Crippen molar-refractivity contribution in [2.75, 3.05) is 11.9 Å². The van der Waals surface area contributed by atoms with Gasteiger partial charge in [0, 0.05) is 24.7 Å². The standard InChI is InChI=1S/C12H17N3/c1-4-5-6-7-13-12-8-11(10(2)3)14-9-15-12/h8-10H,6-7H2,1-3H3,(H,13,14,15). The number of aromatic nitrogens is 2. The Hall–Kier alpha value is -1.56. The van der Waals surface area contributed by atoms with E-state index in [0.29, 0.717) is 5.92 Å². The highest BCUT2D eigenvalue weighted by atomic mass is 15.0. The fraction of sp³-hybridized carbons (Fsp3) is 0.500. The summed E-state index contributed by atoms with van der Waals surface area (Å²) < 4.78 is 0. The Morgan fingerprint density at radius 1 is 1.40 bits per heavy atom. The third kappa shape index (κ3) is 3.99. The number of hydrogen-bond acceptors (Lipinski definition) is 3. The normalized spacial score (nSPS) is 9.60. The molecule has 15 heavy (non-hydrogen) atoms. The number of hydrogen-bond donors (Lipinski definition) is 1. The van der Waals surface area contributed by atoms with Crippen LogP contribution in [0.3, 0.4) is 0 Å². The monoisotopic (exact) mass is 203 g/mol. The second-order valence-corrected chi connectivity index (χ2v) is 3.59. The molecule has 0 saturated carbocycles. The molecule has 1 rings (SSSR count). The molecule has 0 bridgehead atoms. The van der Waals surface area contributed by atoms with Crippen molar-refractivity contribution in [2.45, 2.75) is 33.1 Å². The van der Waals surface area contributed by atoms with E-state index in [4.69, 9.17) is 0 Å². The van der Waals surface area contributed by atoms with Crippen LogP contribution < -0.4 is 5.32 Å². The van der Waals surface area contributed by atoms with E-state index in [1.54, 1.807) is 6.33 Å². The molecule has 1 heterocycles. The van der Waals surface area contributed by atoms with Gasteiger partial charge in [0.25, 0.3) is 0 Å². The predicted octanol–water partition coefficient (Wildman–Crippen LogP) is 2.43. The molecule has 0 aliphatic heterocycles. The molecule has 0 aromatic carbocycles. The summed E-state index contributed by atoms with van der Waals surface area (Å²) in [6, 6.07) is 1.99. The van der Waals surface area contributed by atoms with E-state index < -0.39 is 0 Å². The lowest BCUT2D eigenvalue weighted by Crippen LogP contribution is -2.04. The second-order valence-electron chi connectivity index (χ2n) is 3.59. The Balaban J connectivity index is 2.53. The van der Waals surface area contributed by atoms with Crippen LogP contribution in [0.4, 0.5) is 5.82 Å². The minimum Gasteiger partial charge on any atom is -0.369 e. The van der Waals surface area contributed by atoms with Crippen molar-refractivity contribution in [2.24, 2.45) is 0 Å². The SMILES string of the molecule is CC#CCCNc1cc(C(C)C)ncn1. The summed E-state index contributed by atoms with van der Waals surface area (Å²) in [5.74, 6) is 7.18. The van der Waals surface area contributed by atoms with Crippen LogP contribution in [0.25, 0.3) is 0 Å². The lowest BCUT2D eigenvalue weighted by Gasteiger charge is -2.07. The van der Waals surface area contributed by atoms with Crippen LogP contribution in [0.15, 0.2) is 12.4 Å². The van der Waals surface area contributed by atoms with Crippen molar-refractivity contribution >= 4 is 5.82 Å². The molecule has 1 aromatic rings. The largest absolute Gasteiger partial charge is 0.369 e. The van der Waals surface area contributed by atoms with E-state index >= 15 is 0 Å². The van der Waals surface area contributed by atoms with Crippen molar-refractivity contribution in [1.29, 1.82) is 0 Å². The highest BCUT2D eigenvalue weighted by molar-refractivity contribution is 5.35. The van der Waals surface area contributed by atoms with Gasteiger partial charge in [-0.05, 0) is 12.8 Å². The van der Waals surface area contributed by atoms with E-state index in [-0.39, 0.29) is 0 Å². The van der Waals surface area contributed by atoms with Gasteiger partial charge in [0.05, 0.1) is 0 Å². The van der Waals surface area contributed by atoms with Crippen molar-refractivity contribution in [3.8, 4) is 11.8 Å². The number of rotatable bonds is 4. The summed E-state index contributed by atoms with van der Waals surface area (Å²) in [5, 5.41) is 3.22. The van der Waals surface area contributed by atoms with Crippen molar-refractivity contribution < 1.29 is 0 Å². The van der Waals surface area contributed by atoms with Gasteiger partial charge in [-0.3, -0.25) is 0 Å². The van der Waals surface area contributed by atoms with Gasteiger partial charge in [0.15, 0.2) is 0 Å². The van der Waals surface area contributed by atoms with E-state index in [1.807, 2.05) is 13.0 Å².